The minimum Gasteiger partial charge on any atom is -0.394 e. The first-order valence-electron chi connectivity index (χ1n) is 6.35. The highest BCUT2D eigenvalue weighted by atomic mass is 16.5. The summed E-state index contributed by atoms with van der Waals surface area (Å²) in [7, 11) is 0. The highest BCUT2D eigenvalue weighted by Crippen LogP contribution is 2.15. The van der Waals surface area contributed by atoms with E-state index in [2.05, 4.69) is 27.1 Å². The minimum absolute atomic E-state index is 0.0158. The average Bonchev–Trinajstić information content (AvgIpc) is 2.46. The van der Waals surface area contributed by atoms with Crippen LogP contribution in [0.2, 0.25) is 0 Å². The summed E-state index contributed by atoms with van der Waals surface area (Å²) in [6, 6.07) is 10.2. The number of rotatable bonds is 5. The highest BCUT2D eigenvalue weighted by molar-refractivity contribution is 5.14. The van der Waals surface area contributed by atoms with Crippen LogP contribution in [0.3, 0.4) is 0 Å². The number of aliphatic hydroxyl groups excluding tert-OH is 1. The maximum Gasteiger partial charge on any atom is 0.0936 e. The standard InChI is InChI=1S/C13H18N4O2/c14-16-15-6-12-8-17(9-13(10-18)19-12)7-11-4-2-1-3-5-11/h1-5,12-13,18H,6-10H2/t12-,13+/m0/s1. The lowest BCUT2D eigenvalue weighted by Crippen LogP contribution is -2.49. The Hall–Kier alpha value is -1.59. The molecular weight excluding hydrogens is 244 g/mol. The van der Waals surface area contributed by atoms with Crippen LogP contribution in [-0.4, -0.2) is 48.5 Å². The van der Waals surface area contributed by atoms with E-state index in [1.165, 1.54) is 5.56 Å². The van der Waals surface area contributed by atoms with Crippen molar-refractivity contribution in [1.82, 2.24) is 4.90 Å². The van der Waals surface area contributed by atoms with Gasteiger partial charge >= 0.3 is 0 Å². The zero-order valence-corrected chi connectivity index (χ0v) is 10.7. The maximum absolute atomic E-state index is 9.26. The van der Waals surface area contributed by atoms with E-state index in [-0.39, 0.29) is 18.8 Å². The lowest BCUT2D eigenvalue weighted by atomic mass is 10.1. The molecule has 0 unspecified atom stereocenters. The van der Waals surface area contributed by atoms with Gasteiger partial charge in [0, 0.05) is 24.5 Å². The summed E-state index contributed by atoms with van der Waals surface area (Å²) in [5.74, 6) is 0. The number of ether oxygens (including phenoxy) is 1. The summed E-state index contributed by atoms with van der Waals surface area (Å²) >= 11 is 0. The van der Waals surface area contributed by atoms with E-state index >= 15 is 0 Å². The van der Waals surface area contributed by atoms with E-state index in [4.69, 9.17) is 10.3 Å². The lowest BCUT2D eigenvalue weighted by molar-refractivity contribution is -0.100. The Morgan fingerprint density at radius 1 is 1.32 bits per heavy atom. The molecule has 6 heteroatoms. The highest BCUT2D eigenvalue weighted by Gasteiger charge is 2.26. The van der Waals surface area contributed by atoms with E-state index in [0.717, 1.165) is 6.54 Å². The lowest BCUT2D eigenvalue weighted by Gasteiger charge is -2.37. The zero-order chi connectivity index (χ0) is 13.5. The topological polar surface area (TPSA) is 81.5 Å². The molecule has 1 aromatic rings. The van der Waals surface area contributed by atoms with Crippen molar-refractivity contribution in [2.75, 3.05) is 26.2 Å². The van der Waals surface area contributed by atoms with Gasteiger partial charge in [-0.2, -0.15) is 0 Å². The third-order valence-electron chi connectivity index (χ3n) is 3.11. The largest absolute Gasteiger partial charge is 0.394 e. The van der Waals surface area contributed by atoms with Crippen molar-refractivity contribution in [3.05, 3.63) is 46.3 Å². The van der Waals surface area contributed by atoms with Crippen LogP contribution in [0.4, 0.5) is 0 Å². The van der Waals surface area contributed by atoms with Crippen molar-refractivity contribution >= 4 is 0 Å². The molecule has 0 spiro atoms. The Morgan fingerprint density at radius 3 is 2.74 bits per heavy atom. The van der Waals surface area contributed by atoms with Crippen molar-refractivity contribution in [3.63, 3.8) is 0 Å². The fourth-order valence-electron chi connectivity index (χ4n) is 2.31. The second kappa shape index (κ2) is 7.11. The Kier molecular flexibility index (Phi) is 5.18. The van der Waals surface area contributed by atoms with Gasteiger partial charge in [-0.15, -0.1) is 0 Å². The Labute approximate surface area is 112 Å². The first kappa shape index (κ1) is 13.8. The molecule has 2 atom stereocenters. The molecule has 0 amide bonds. The fraction of sp³-hybridized carbons (Fsp3) is 0.538. The Bertz CT molecular complexity index is 434. The molecule has 0 saturated carbocycles. The number of aliphatic hydroxyl groups is 1. The van der Waals surface area contributed by atoms with Gasteiger partial charge in [0.25, 0.3) is 0 Å². The van der Waals surface area contributed by atoms with Crippen molar-refractivity contribution in [3.8, 4) is 0 Å². The molecule has 6 nitrogen and oxygen atoms in total. The van der Waals surface area contributed by atoms with E-state index < -0.39 is 0 Å². The number of hydrogen-bond donors (Lipinski definition) is 1. The molecule has 0 bridgehead atoms. The molecule has 102 valence electrons. The molecule has 1 saturated heterocycles. The minimum atomic E-state index is -0.212. The Balaban J connectivity index is 1.97. The molecule has 0 aromatic heterocycles. The summed E-state index contributed by atoms with van der Waals surface area (Å²) in [6.45, 7) is 2.51. The van der Waals surface area contributed by atoms with Gasteiger partial charge in [-0.3, -0.25) is 4.90 Å². The second-order valence-electron chi connectivity index (χ2n) is 4.66. The zero-order valence-electron chi connectivity index (χ0n) is 10.7. The van der Waals surface area contributed by atoms with Gasteiger partial charge in [-0.1, -0.05) is 35.4 Å². The van der Waals surface area contributed by atoms with E-state index in [1.807, 2.05) is 18.2 Å². The third kappa shape index (κ3) is 4.22. The number of benzene rings is 1. The summed E-state index contributed by atoms with van der Waals surface area (Å²) in [6.07, 6.45) is -0.359. The predicted octanol–water partition coefficient (Wildman–Crippen LogP) is 1.56. The van der Waals surface area contributed by atoms with Crippen LogP contribution in [0.15, 0.2) is 35.4 Å². The molecule has 1 aliphatic heterocycles. The third-order valence-corrected chi connectivity index (χ3v) is 3.11. The van der Waals surface area contributed by atoms with Crippen LogP contribution < -0.4 is 0 Å². The normalized spacial score (nSPS) is 23.8. The summed E-state index contributed by atoms with van der Waals surface area (Å²) in [5, 5.41) is 12.8. The van der Waals surface area contributed by atoms with Crippen LogP contribution in [0, 0.1) is 0 Å². The van der Waals surface area contributed by atoms with Gasteiger partial charge in [-0.05, 0) is 11.1 Å². The second-order valence-corrected chi connectivity index (χ2v) is 4.66. The van der Waals surface area contributed by atoms with Gasteiger partial charge in [0.1, 0.15) is 0 Å². The van der Waals surface area contributed by atoms with E-state index in [1.54, 1.807) is 0 Å². The molecule has 1 N–H and O–H groups in total. The molecule has 2 rings (SSSR count). The summed E-state index contributed by atoms with van der Waals surface area (Å²) in [4.78, 5) is 4.97. The molecule has 1 aromatic carbocycles. The van der Waals surface area contributed by atoms with Crippen LogP contribution in [-0.2, 0) is 11.3 Å². The van der Waals surface area contributed by atoms with Gasteiger partial charge in [0.15, 0.2) is 0 Å². The smallest absolute Gasteiger partial charge is 0.0936 e. The van der Waals surface area contributed by atoms with Crippen LogP contribution in [0.25, 0.3) is 10.4 Å². The first-order chi connectivity index (χ1) is 9.31. The van der Waals surface area contributed by atoms with Gasteiger partial charge in [0.05, 0.1) is 25.4 Å². The molecule has 1 fully saturated rings. The fourth-order valence-corrected chi connectivity index (χ4v) is 2.31. The molecule has 0 radical (unpaired) electrons. The summed E-state index contributed by atoms with van der Waals surface area (Å²) < 4.78 is 5.65. The molecule has 1 heterocycles. The van der Waals surface area contributed by atoms with E-state index in [0.29, 0.717) is 19.6 Å². The number of morpholine rings is 1. The molecular formula is C13H18N4O2. The maximum atomic E-state index is 9.26. The van der Waals surface area contributed by atoms with Crippen molar-refractivity contribution in [2.45, 2.75) is 18.8 Å². The average molecular weight is 262 g/mol. The van der Waals surface area contributed by atoms with Crippen LogP contribution in [0.5, 0.6) is 0 Å². The van der Waals surface area contributed by atoms with E-state index in [9.17, 15) is 5.11 Å². The predicted molar refractivity (Wildman–Crippen MR) is 71.5 cm³/mol. The van der Waals surface area contributed by atoms with Crippen molar-refractivity contribution in [2.24, 2.45) is 5.11 Å². The summed E-state index contributed by atoms with van der Waals surface area (Å²) in [5.41, 5.74) is 9.59. The molecule has 1 aliphatic rings. The van der Waals surface area contributed by atoms with Crippen molar-refractivity contribution < 1.29 is 9.84 Å². The number of hydrogen-bond acceptors (Lipinski definition) is 4. The van der Waals surface area contributed by atoms with Crippen molar-refractivity contribution in [1.29, 1.82) is 0 Å². The molecule has 19 heavy (non-hydrogen) atoms. The quantitative estimate of drug-likeness (QED) is 0.496. The monoisotopic (exact) mass is 262 g/mol. The van der Waals surface area contributed by atoms with Crippen LogP contribution in [0.1, 0.15) is 5.56 Å². The van der Waals surface area contributed by atoms with Gasteiger partial charge in [0.2, 0.25) is 0 Å². The van der Waals surface area contributed by atoms with Gasteiger partial charge < -0.3 is 9.84 Å². The van der Waals surface area contributed by atoms with Gasteiger partial charge in [-0.25, -0.2) is 0 Å². The first-order valence-corrected chi connectivity index (χ1v) is 6.35. The van der Waals surface area contributed by atoms with Crippen LogP contribution >= 0.6 is 0 Å². The SMILES string of the molecule is [N-]=[N+]=NC[C@H]1CN(Cc2ccccc2)C[C@H](CO)O1. The molecule has 0 aliphatic carbocycles. The number of nitrogens with zero attached hydrogens (tertiary/aromatic N) is 4. The Morgan fingerprint density at radius 2 is 2.05 bits per heavy atom. The number of azide groups is 1.